The third-order valence-electron chi connectivity index (χ3n) is 0.667. The van der Waals surface area contributed by atoms with Crippen molar-refractivity contribution >= 4 is 0 Å². The molecule has 0 aliphatic carbocycles. The van der Waals surface area contributed by atoms with Gasteiger partial charge >= 0.3 is 51.4 Å². The van der Waals surface area contributed by atoms with E-state index in [0.29, 0.717) is 0 Å². The van der Waals surface area contributed by atoms with Crippen molar-refractivity contribution in [1.29, 1.82) is 0 Å². The molecule has 2 heteroatoms. The summed E-state index contributed by atoms with van der Waals surface area (Å²) in [6.07, 6.45) is 0. The average molecular weight is 190 g/mol. The summed E-state index contributed by atoms with van der Waals surface area (Å²) in [7, 11) is 0. The van der Waals surface area contributed by atoms with E-state index in [1.165, 1.54) is 0 Å². The number of rotatable bonds is 0. The quantitative estimate of drug-likeness (QED) is 0.473. The van der Waals surface area contributed by atoms with Gasteiger partial charge in [0.2, 0.25) is 0 Å². The molecule has 0 saturated heterocycles. The van der Waals surface area contributed by atoms with Crippen molar-refractivity contribution in [3.63, 3.8) is 0 Å². The van der Waals surface area contributed by atoms with Crippen LogP contribution in [0.3, 0.4) is 0 Å². The standard InChI is InChI=1S/C6H6.C4H9O.K/c1-2-4-6-5-3-1;1-4(2,3)5;/h1-6H;1-3H3;/q;-1;+1. The molecule has 0 saturated carbocycles. The summed E-state index contributed by atoms with van der Waals surface area (Å²) < 4.78 is 0. The van der Waals surface area contributed by atoms with Crippen LogP contribution in [0.15, 0.2) is 36.4 Å². The van der Waals surface area contributed by atoms with Crippen LogP contribution in [0, 0.1) is 0 Å². The van der Waals surface area contributed by atoms with Gasteiger partial charge in [-0.2, -0.15) is 0 Å². The summed E-state index contributed by atoms with van der Waals surface area (Å²) >= 11 is 0. The maximum Gasteiger partial charge on any atom is 1.00 e. The van der Waals surface area contributed by atoms with Crippen LogP contribution < -0.4 is 56.5 Å². The first-order chi connectivity index (χ1) is 5.00. The monoisotopic (exact) mass is 190 g/mol. The van der Waals surface area contributed by atoms with Gasteiger partial charge in [-0.05, 0) is 0 Å². The number of hydrogen-bond donors (Lipinski definition) is 0. The summed E-state index contributed by atoms with van der Waals surface area (Å²) in [5, 5.41) is 10.1. The molecule has 1 rings (SSSR count). The van der Waals surface area contributed by atoms with Gasteiger partial charge in [0, 0.05) is 0 Å². The second-order valence-electron chi connectivity index (χ2n) is 3.27. The van der Waals surface area contributed by atoms with Gasteiger partial charge in [0.05, 0.1) is 0 Å². The number of hydrogen-bond acceptors (Lipinski definition) is 1. The zero-order chi connectivity index (χ0) is 8.74. The predicted molar refractivity (Wildman–Crippen MR) is 46.2 cm³/mol. The zero-order valence-corrected chi connectivity index (χ0v) is 11.5. The summed E-state index contributed by atoms with van der Waals surface area (Å²) in [5.41, 5.74) is -0.750. The maximum absolute atomic E-state index is 10.1. The maximum atomic E-state index is 10.1. The molecule has 0 fully saturated rings. The van der Waals surface area contributed by atoms with Crippen LogP contribution in [0.1, 0.15) is 20.8 Å². The molecule has 0 unspecified atom stereocenters. The van der Waals surface area contributed by atoms with Crippen LogP contribution in [0.5, 0.6) is 0 Å². The molecule has 12 heavy (non-hydrogen) atoms. The minimum absolute atomic E-state index is 0. The van der Waals surface area contributed by atoms with Crippen molar-refractivity contribution in [3.8, 4) is 0 Å². The van der Waals surface area contributed by atoms with Crippen molar-refractivity contribution in [3.05, 3.63) is 36.4 Å². The van der Waals surface area contributed by atoms with Crippen molar-refractivity contribution in [2.24, 2.45) is 0 Å². The van der Waals surface area contributed by atoms with Crippen molar-refractivity contribution in [2.45, 2.75) is 26.4 Å². The topological polar surface area (TPSA) is 23.1 Å². The molecule has 0 N–H and O–H groups in total. The summed E-state index contributed by atoms with van der Waals surface area (Å²) in [6, 6.07) is 12.0. The van der Waals surface area contributed by atoms with E-state index >= 15 is 0 Å². The molecule has 1 aromatic carbocycles. The van der Waals surface area contributed by atoms with E-state index in [4.69, 9.17) is 0 Å². The van der Waals surface area contributed by atoms with Crippen LogP contribution in [-0.2, 0) is 0 Å². The molecule has 0 aliphatic heterocycles. The molecule has 0 atom stereocenters. The van der Waals surface area contributed by atoms with Crippen LogP contribution in [-0.4, -0.2) is 5.60 Å². The smallest absolute Gasteiger partial charge is 0.850 e. The number of benzene rings is 1. The molecule has 62 valence electrons. The Morgan fingerprint density at radius 1 is 0.750 bits per heavy atom. The molecule has 0 spiro atoms. The summed E-state index contributed by atoms with van der Waals surface area (Å²) in [6.45, 7) is 4.90. The van der Waals surface area contributed by atoms with E-state index in [9.17, 15) is 5.11 Å². The first-order valence-electron chi connectivity index (χ1n) is 3.70. The minimum Gasteiger partial charge on any atom is -0.850 e. The van der Waals surface area contributed by atoms with Gasteiger partial charge in [0.1, 0.15) is 0 Å². The van der Waals surface area contributed by atoms with Crippen molar-refractivity contribution < 1.29 is 56.5 Å². The molecule has 0 heterocycles. The van der Waals surface area contributed by atoms with Crippen molar-refractivity contribution in [1.82, 2.24) is 0 Å². The predicted octanol–water partition coefficient (Wildman–Crippen LogP) is -1.16. The van der Waals surface area contributed by atoms with Crippen LogP contribution in [0.4, 0.5) is 0 Å². The van der Waals surface area contributed by atoms with Gasteiger partial charge in [-0.15, -0.1) is 5.60 Å². The van der Waals surface area contributed by atoms with E-state index in [1.807, 2.05) is 36.4 Å². The summed E-state index contributed by atoms with van der Waals surface area (Å²) in [4.78, 5) is 0. The zero-order valence-electron chi connectivity index (χ0n) is 8.37. The molecule has 1 aromatic rings. The minimum atomic E-state index is -0.750. The molecule has 0 bridgehead atoms. The first kappa shape index (κ1) is 15.3. The fraction of sp³-hybridized carbons (Fsp3) is 0.400. The van der Waals surface area contributed by atoms with E-state index < -0.39 is 5.60 Å². The van der Waals surface area contributed by atoms with Gasteiger partial charge in [-0.25, -0.2) is 0 Å². The molecule has 0 aliphatic rings. The fourth-order valence-corrected chi connectivity index (χ4v) is 0.385. The molecule has 1 nitrogen and oxygen atoms in total. The van der Waals surface area contributed by atoms with Gasteiger partial charge in [-0.3, -0.25) is 0 Å². The second-order valence-corrected chi connectivity index (χ2v) is 3.27. The van der Waals surface area contributed by atoms with Gasteiger partial charge in [-0.1, -0.05) is 57.2 Å². The Bertz CT molecular complexity index is 134. The molecule has 0 aromatic heterocycles. The Morgan fingerprint density at radius 2 is 0.833 bits per heavy atom. The normalized spacial score (nSPS) is 9.00. The summed E-state index contributed by atoms with van der Waals surface area (Å²) in [5.74, 6) is 0. The SMILES string of the molecule is CC(C)(C)[O-].[K+].c1ccccc1. The van der Waals surface area contributed by atoms with Gasteiger partial charge < -0.3 is 5.11 Å². The fourth-order valence-electron chi connectivity index (χ4n) is 0.385. The Kier molecular flexibility index (Phi) is 10.7. The van der Waals surface area contributed by atoms with Gasteiger partial charge in [0.25, 0.3) is 0 Å². The largest absolute Gasteiger partial charge is 1.00 e. The van der Waals surface area contributed by atoms with Crippen LogP contribution in [0.2, 0.25) is 0 Å². The molecule has 0 amide bonds. The van der Waals surface area contributed by atoms with E-state index in [-0.39, 0.29) is 51.4 Å². The van der Waals surface area contributed by atoms with E-state index in [1.54, 1.807) is 20.8 Å². The van der Waals surface area contributed by atoms with Crippen LogP contribution >= 0.6 is 0 Å². The van der Waals surface area contributed by atoms with Gasteiger partial charge in [0.15, 0.2) is 0 Å². The molecule has 0 radical (unpaired) electrons. The van der Waals surface area contributed by atoms with E-state index in [0.717, 1.165) is 0 Å². The molecular weight excluding hydrogens is 175 g/mol. The Hall–Kier alpha value is 0.816. The van der Waals surface area contributed by atoms with Crippen LogP contribution in [0.25, 0.3) is 0 Å². The second kappa shape index (κ2) is 8.42. The third kappa shape index (κ3) is 22.4. The average Bonchev–Trinajstić information content (AvgIpc) is 1.88. The Morgan fingerprint density at radius 3 is 0.917 bits per heavy atom. The Labute approximate surface area is 118 Å². The van der Waals surface area contributed by atoms with Crippen molar-refractivity contribution in [2.75, 3.05) is 0 Å². The molecular formula is C10H15KO. The Balaban J connectivity index is 0. The van der Waals surface area contributed by atoms with E-state index in [2.05, 4.69) is 0 Å². The first-order valence-corrected chi connectivity index (χ1v) is 3.70. The third-order valence-corrected chi connectivity index (χ3v) is 0.667.